The molecule has 4 nitrogen and oxygen atoms in total. The van der Waals surface area contributed by atoms with Crippen molar-refractivity contribution in [1.29, 1.82) is 5.26 Å². The monoisotopic (exact) mass is 247 g/mol. The molecule has 0 saturated heterocycles. The van der Waals surface area contributed by atoms with E-state index in [0.29, 0.717) is 22.1 Å². The number of benzene rings is 1. The van der Waals surface area contributed by atoms with E-state index < -0.39 is 0 Å². The molecule has 2 aromatic rings. The normalized spacial score (nSPS) is 10.2. The van der Waals surface area contributed by atoms with Crippen molar-refractivity contribution in [3.63, 3.8) is 0 Å². The number of hydrogen-bond donors (Lipinski definition) is 0. The predicted molar refractivity (Wildman–Crippen MR) is 65.5 cm³/mol. The van der Waals surface area contributed by atoms with Crippen LogP contribution in [0.5, 0.6) is 0 Å². The van der Waals surface area contributed by atoms with Crippen LogP contribution in [-0.4, -0.2) is 9.13 Å². The van der Waals surface area contributed by atoms with Crippen LogP contribution in [-0.2, 0) is 7.05 Å². The van der Waals surface area contributed by atoms with E-state index in [4.69, 9.17) is 16.9 Å². The third kappa shape index (κ3) is 1.75. The summed E-state index contributed by atoms with van der Waals surface area (Å²) in [7, 11) is 1.64. The molecule has 0 atom stereocenters. The van der Waals surface area contributed by atoms with Crippen molar-refractivity contribution in [2.45, 2.75) is 6.92 Å². The number of rotatable bonds is 1. The van der Waals surface area contributed by atoms with Gasteiger partial charge in [0.15, 0.2) is 0 Å². The van der Waals surface area contributed by atoms with Gasteiger partial charge in [0.25, 0.3) is 0 Å². The molecule has 1 aromatic carbocycles. The molecule has 0 fully saturated rings. The fourth-order valence-electron chi connectivity index (χ4n) is 1.67. The van der Waals surface area contributed by atoms with Crippen molar-refractivity contribution in [2.24, 2.45) is 7.05 Å². The molecule has 86 valence electrons. The van der Waals surface area contributed by atoms with Gasteiger partial charge >= 0.3 is 5.69 Å². The third-order valence-electron chi connectivity index (χ3n) is 2.74. The van der Waals surface area contributed by atoms with Gasteiger partial charge in [0.2, 0.25) is 0 Å². The summed E-state index contributed by atoms with van der Waals surface area (Å²) in [6.45, 7) is 1.74. The van der Waals surface area contributed by atoms with Crippen LogP contribution in [0.4, 0.5) is 0 Å². The van der Waals surface area contributed by atoms with E-state index in [0.717, 1.165) is 0 Å². The van der Waals surface area contributed by atoms with Gasteiger partial charge in [-0.2, -0.15) is 5.26 Å². The average Bonchev–Trinajstić information content (AvgIpc) is 2.54. The SMILES string of the molecule is Cc1c(C#N)n(-c2ccc(Cl)cc2)c(=O)n1C. The van der Waals surface area contributed by atoms with Crippen LogP contribution in [0.25, 0.3) is 5.69 Å². The van der Waals surface area contributed by atoms with E-state index in [9.17, 15) is 4.79 Å². The summed E-state index contributed by atoms with van der Waals surface area (Å²) >= 11 is 5.79. The molecule has 0 spiro atoms. The van der Waals surface area contributed by atoms with E-state index in [-0.39, 0.29) is 5.69 Å². The zero-order valence-electron chi connectivity index (χ0n) is 9.44. The zero-order chi connectivity index (χ0) is 12.6. The standard InChI is InChI=1S/C12H10ClN3O/c1-8-11(7-14)16(12(17)15(8)2)10-5-3-9(13)4-6-10/h3-6H,1-2H3. The molecular formula is C12H10ClN3O. The van der Waals surface area contributed by atoms with Gasteiger partial charge in [-0.1, -0.05) is 11.6 Å². The fourth-order valence-corrected chi connectivity index (χ4v) is 1.80. The van der Waals surface area contributed by atoms with E-state index in [1.807, 2.05) is 6.07 Å². The third-order valence-corrected chi connectivity index (χ3v) is 2.99. The lowest BCUT2D eigenvalue weighted by molar-refractivity contribution is 0.803. The van der Waals surface area contributed by atoms with E-state index >= 15 is 0 Å². The molecule has 0 aliphatic rings. The van der Waals surface area contributed by atoms with Crippen molar-refractivity contribution in [3.05, 3.63) is 51.2 Å². The topological polar surface area (TPSA) is 50.7 Å². The van der Waals surface area contributed by atoms with Gasteiger partial charge in [-0.05, 0) is 31.2 Å². The molecule has 0 aliphatic carbocycles. The Hall–Kier alpha value is -1.99. The minimum atomic E-state index is -0.235. The van der Waals surface area contributed by atoms with Gasteiger partial charge in [-0.3, -0.25) is 9.13 Å². The first kappa shape index (κ1) is 11.5. The second-order valence-electron chi connectivity index (χ2n) is 3.70. The fraction of sp³-hybridized carbons (Fsp3) is 0.167. The van der Waals surface area contributed by atoms with Crippen LogP contribution in [0.2, 0.25) is 5.02 Å². The largest absolute Gasteiger partial charge is 0.333 e. The molecule has 1 aromatic heterocycles. The Morgan fingerprint density at radius 1 is 1.29 bits per heavy atom. The Balaban J connectivity index is 2.76. The van der Waals surface area contributed by atoms with Gasteiger partial charge in [0.1, 0.15) is 11.8 Å². The van der Waals surface area contributed by atoms with Crippen molar-refractivity contribution >= 4 is 11.6 Å². The number of imidazole rings is 1. The molecule has 0 radical (unpaired) electrons. The summed E-state index contributed by atoms with van der Waals surface area (Å²) in [5.74, 6) is 0. The molecule has 17 heavy (non-hydrogen) atoms. The van der Waals surface area contributed by atoms with Crippen molar-refractivity contribution in [2.75, 3.05) is 0 Å². The van der Waals surface area contributed by atoms with Gasteiger partial charge in [0, 0.05) is 12.1 Å². The second kappa shape index (κ2) is 4.11. The Bertz CT molecular complexity index is 659. The Morgan fingerprint density at radius 2 is 1.88 bits per heavy atom. The van der Waals surface area contributed by atoms with Gasteiger partial charge in [-0.15, -0.1) is 0 Å². The van der Waals surface area contributed by atoms with E-state index in [1.165, 1.54) is 9.13 Å². The maximum absolute atomic E-state index is 12.0. The van der Waals surface area contributed by atoms with Crippen molar-refractivity contribution in [1.82, 2.24) is 9.13 Å². The molecule has 5 heteroatoms. The Labute approximate surface area is 103 Å². The first-order chi connectivity index (χ1) is 8.06. The summed E-state index contributed by atoms with van der Waals surface area (Å²) in [5, 5.41) is 9.69. The lowest BCUT2D eigenvalue weighted by Crippen LogP contribution is -2.21. The van der Waals surface area contributed by atoms with Crippen LogP contribution < -0.4 is 5.69 Å². The minimum Gasteiger partial charge on any atom is -0.298 e. The summed E-state index contributed by atoms with van der Waals surface area (Å²) in [4.78, 5) is 12.0. The number of nitrogens with zero attached hydrogens (tertiary/aromatic N) is 3. The molecule has 2 rings (SSSR count). The van der Waals surface area contributed by atoms with E-state index in [2.05, 4.69) is 0 Å². The van der Waals surface area contributed by atoms with Gasteiger partial charge in [-0.25, -0.2) is 4.79 Å². The number of hydrogen-bond acceptors (Lipinski definition) is 2. The number of aromatic nitrogens is 2. The highest BCUT2D eigenvalue weighted by Gasteiger charge is 2.15. The summed E-state index contributed by atoms with van der Waals surface area (Å²) in [6, 6.07) is 8.85. The van der Waals surface area contributed by atoms with Crippen molar-refractivity contribution < 1.29 is 0 Å². The van der Waals surface area contributed by atoms with E-state index in [1.54, 1.807) is 38.2 Å². The summed E-state index contributed by atoms with van der Waals surface area (Å²) < 4.78 is 2.83. The quantitative estimate of drug-likeness (QED) is 0.774. The number of nitriles is 1. The molecule has 0 bridgehead atoms. The molecule has 1 heterocycles. The highest BCUT2D eigenvalue weighted by molar-refractivity contribution is 6.30. The molecular weight excluding hydrogens is 238 g/mol. The highest BCUT2D eigenvalue weighted by Crippen LogP contribution is 2.15. The van der Waals surface area contributed by atoms with Crippen LogP contribution >= 0.6 is 11.6 Å². The lowest BCUT2D eigenvalue weighted by Gasteiger charge is -2.02. The number of halogens is 1. The highest BCUT2D eigenvalue weighted by atomic mass is 35.5. The first-order valence-corrected chi connectivity index (χ1v) is 5.38. The van der Waals surface area contributed by atoms with Crippen LogP contribution in [0.3, 0.4) is 0 Å². The molecule has 0 unspecified atom stereocenters. The molecule has 0 aliphatic heterocycles. The van der Waals surface area contributed by atoms with Crippen LogP contribution in [0, 0.1) is 18.3 Å². The molecule has 0 N–H and O–H groups in total. The maximum atomic E-state index is 12.0. The van der Waals surface area contributed by atoms with Crippen LogP contribution in [0.1, 0.15) is 11.4 Å². The predicted octanol–water partition coefficient (Wildman–Crippen LogP) is 2.01. The second-order valence-corrected chi connectivity index (χ2v) is 4.14. The Kier molecular flexibility index (Phi) is 2.78. The maximum Gasteiger partial charge on any atom is 0.333 e. The molecule has 0 saturated carbocycles. The summed E-state index contributed by atoms with van der Waals surface area (Å²) in [6.07, 6.45) is 0. The van der Waals surface area contributed by atoms with Gasteiger partial charge in [0.05, 0.1) is 11.4 Å². The zero-order valence-corrected chi connectivity index (χ0v) is 10.2. The lowest BCUT2D eigenvalue weighted by atomic mass is 10.3. The van der Waals surface area contributed by atoms with Gasteiger partial charge < -0.3 is 0 Å². The average molecular weight is 248 g/mol. The minimum absolute atomic E-state index is 0.235. The van der Waals surface area contributed by atoms with Crippen molar-refractivity contribution in [3.8, 4) is 11.8 Å². The van der Waals surface area contributed by atoms with Crippen LogP contribution in [0.15, 0.2) is 29.1 Å². The smallest absolute Gasteiger partial charge is 0.298 e. The summed E-state index contributed by atoms with van der Waals surface area (Å²) in [5.41, 5.74) is 1.40. The molecule has 0 amide bonds. The Morgan fingerprint density at radius 3 is 2.41 bits per heavy atom. The first-order valence-electron chi connectivity index (χ1n) is 5.00.